The molecule has 2 N–H and O–H groups in total. The quantitative estimate of drug-likeness (QED) is 0.878. The second-order valence-electron chi connectivity index (χ2n) is 4.82. The van der Waals surface area contributed by atoms with Gasteiger partial charge in [-0.3, -0.25) is 9.59 Å². The van der Waals surface area contributed by atoms with Crippen LogP contribution < -0.4 is 15.6 Å². The number of hydrogen-bond donors (Lipinski definition) is 2. The number of aromatic nitrogens is 1. The van der Waals surface area contributed by atoms with Crippen LogP contribution in [0, 0.1) is 13.8 Å². The second kappa shape index (κ2) is 6.74. The number of para-hydroxylation sites is 1. The highest BCUT2D eigenvalue weighted by Gasteiger charge is 2.08. The molecule has 0 saturated carbocycles. The summed E-state index contributed by atoms with van der Waals surface area (Å²) in [5.41, 5.74) is 2.06. The molecule has 1 heterocycles. The molecule has 5 nitrogen and oxygen atoms in total. The Kier molecular flexibility index (Phi) is 4.77. The first-order valence-electron chi connectivity index (χ1n) is 6.70. The minimum atomic E-state index is -0.266. The van der Waals surface area contributed by atoms with Crippen molar-refractivity contribution in [1.29, 1.82) is 0 Å². The molecule has 0 unspecified atom stereocenters. The number of amides is 1. The Balaban J connectivity index is 1.89. The first kappa shape index (κ1) is 14.8. The number of hydrogen-bond acceptors (Lipinski definition) is 3. The van der Waals surface area contributed by atoms with E-state index in [1.807, 2.05) is 38.1 Å². The zero-order valence-electron chi connectivity index (χ0n) is 12.1. The van der Waals surface area contributed by atoms with Crippen LogP contribution in [0.5, 0.6) is 5.75 Å². The van der Waals surface area contributed by atoms with Crippen molar-refractivity contribution in [2.45, 2.75) is 20.4 Å². The Morgan fingerprint density at radius 1 is 1.24 bits per heavy atom. The maximum absolute atomic E-state index is 11.8. The van der Waals surface area contributed by atoms with E-state index in [9.17, 15) is 9.59 Å². The summed E-state index contributed by atoms with van der Waals surface area (Å²) in [5.74, 6) is 0.371. The molecule has 0 aliphatic heterocycles. The highest BCUT2D eigenvalue weighted by Crippen LogP contribution is 2.07. The number of aromatic amines is 1. The van der Waals surface area contributed by atoms with Gasteiger partial charge in [-0.1, -0.05) is 18.2 Å². The fourth-order valence-electron chi connectivity index (χ4n) is 2.00. The first-order chi connectivity index (χ1) is 10.1. The van der Waals surface area contributed by atoms with Gasteiger partial charge >= 0.3 is 0 Å². The number of carbonyl (C=O) groups excluding carboxylic acids is 1. The van der Waals surface area contributed by atoms with E-state index < -0.39 is 0 Å². The normalized spacial score (nSPS) is 10.2. The summed E-state index contributed by atoms with van der Waals surface area (Å²) < 4.78 is 5.34. The summed E-state index contributed by atoms with van der Waals surface area (Å²) >= 11 is 0. The van der Waals surface area contributed by atoms with E-state index in [1.165, 1.54) is 0 Å². The number of ether oxygens (including phenoxy) is 1. The van der Waals surface area contributed by atoms with Crippen LogP contribution in [-0.2, 0) is 11.3 Å². The molecule has 0 atom stereocenters. The van der Waals surface area contributed by atoms with E-state index in [4.69, 9.17) is 4.74 Å². The van der Waals surface area contributed by atoms with Gasteiger partial charge in [0, 0.05) is 17.8 Å². The van der Waals surface area contributed by atoms with Crippen molar-refractivity contribution in [2.75, 3.05) is 6.61 Å². The molecule has 21 heavy (non-hydrogen) atoms. The lowest BCUT2D eigenvalue weighted by atomic mass is 10.1. The monoisotopic (exact) mass is 286 g/mol. The van der Waals surface area contributed by atoms with Gasteiger partial charge in [-0.25, -0.2) is 0 Å². The second-order valence-corrected chi connectivity index (χ2v) is 4.82. The number of nitrogens with one attached hydrogen (secondary N) is 2. The van der Waals surface area contributed by atoms with E-state index in [0.717, 1.165) is 11.3 Å². The molecule has 0 radical (unpaired) electrons. The van der Waals surface area contributed by atoms with Crippen molar-refractivity contribution < 1.29 is 9.53 Å². The molecule has 2 aromatic rings. The van der Waals surface area contributed by atoms with Crippen LogP contribution in [-0.4, -0.2) is 17.5 Å². The molecule has 110 valence electrons. The summed E-state index contributed by atoms with van der Waals surface area (Å²) in [6.45, 7) is 3.79. The van der Waals surface area contributed by atoms with Crippen molar-refractivity contribution in [3.05, 3.63) is 63.6 Å². The van der Waals surface area contributed by atoms with Crippen LogP contribution in [0.3, 0.4) is 0 Å². The van der Waals surface area contributed by atoms with Crippen LogP contribution in [0.15, 0.2) is 41.2 Å². The van der Waals surface area contributed by atoms with Gasteiger partial charge in [-0.2, -0.15) is 0 Å². The molecule has 0 aliphatic rings. The molecule has 1 amide bonds. The van der Waals surface area contributed by atoms with Crippen LogP contribution in [0.4, 0.5) is 0 Å². The maximum Gasteiger partial charge on any atom is 0.258 e. The predicted octanol–water partition coefficient (Wildman–Crippen LogP) is 1.69. The Morgan fingerprint density at radius 2 is 1.95 bits per heavy atom. The molecule has 1 aromatic heterocycles. The Hall–Kier alpha value is -2.56. The van der Waals surface area contributed by atoms with Gasteiger partial charge in [0.25, 0.3) is 11.5 Å². The van der Waals surface area contributed by atoms with Crippen LogP contribution >= 0.6 is 0 Å². The average molecular weight is 286 g/mol. The van der Waals surface area contributed by atoms with E-state index in [2.05, 4.69) is 10.3 Å². The van der Waals surface area contributed by atoms with E-state index >= 15 is 0 Å². The van der Waals surface area contributed by atoms with Gasteiger partial charge < -0.3 is 15.0 Å². The molecule has 2 rings (SSSR count). The van der Waals surface area contributed by atoms with Crippen molar-refractivity contribution in [2.24, 2.45) is 0 Å². The molecule has 0 saturated heterocycles. The lowest BCUT2D eigenvalue weighted by Crippen LogP contribution is -2.31. The summed E-state index contributed by atoms with van der Waals surface area (Å²) in [4.78, 5) is 26.3. The predicted molar refractivity (Wildman–Crippen MR) is 80.3 cm³/mol. The first-order valence-corrected chi connectivity index (χ1v) is 6.70. The lowest BCUT2D eigenvalue weighted by molar-refractivity contribution is -0.123. The minimum Gasteiger partial charge on any atom is -0.484 e. The van der Waals surface area contributed by atoms with Crippen molar-refractivity contribution in [3.63, 3.8) is 0 Å². The fourth-order valence-corrected chi connectivity index (χ4v) is 2.00. The fraction of sp³-hybridized carbons (Fsp3) is 0.250. The highest BCUT2D eigenvalue weighted by atomic mass is 16.5. The number of rotatable bonds is 5. The summed E-state index contributed by atoms with van der Waals surface area (Å²) in [6, 6.07) is 11.0. The standard InChI is InChI=1S/C16H18N2O3/c1-11-8-12(2)18-16(20)14(11)9-17-15(19)10-21-13-6-4-3-5-7-13/h3-8H,9-10H2,1-2H3,(H,17,19)(H,18,20). The molecule has 1 aromatic carbocycles. The highest BCUT2D eigenvalue weighted by molar-refractivity contribution is 5.77. The van der Waals surface area contributed by atoms with E-state index in [0.29, 0.717) is 11.3 Å². The average Bonchev–Trinajstić information content (AvgIpc) is 2.45. The molecular formula is C16H18N2O3. The molecular weight excluding hydrogens is 268 g/mol. The van der Waals surface area contributed by atoms with E-state index in [-0.39, 0.29) is 24.6 Å². The largest absolute Gasteiger partial charge is 0.484 e. The minimum absolute atomic E-state index is 0.0766. The zero-order chi connectivity index (χ0) is 15.2. The molecule has 5 heteroatoms. The van der Waals surface area contributed by atoms with Gasteiger partial charge in [-0.05, 0) is 37.6 Å². The summed E-state index contributed by atoms with van der Waals surface area (Å²) in [7, 11) is 0. The third kappa shape index (κ3) is 4.21. The van der Waals surface area contributed by atoms with Crippen molar-refractivity contribution in [3.8, 4) is 5.75 Å². The SMILES string of the molecule is Cc1cc(C)c(CNC(=O)COc2ccccc2)c(=O)[nH]1. The van der Waals surface area contributed by atoms with Gasteiger partial charge in [0.1, 0.15) is 5.75 Å². The van der Waals surface area contributed by atoms with E-state index in [1.54, 1.807) is 12.1 Å². The smallest absolute Gasteiger partial charge is 0.258 e. The van der Waals surface area contributed by atoms with Crippen LogP contribution in [0.1, 0.15) is 16.8 Å². The van der Waals surface area contributed by atoms with Gasteiger partial charge in [0.2, 0.25) is 0 Å². The van der Waals surface area contributed by atoms with Gasteiger partial charge in [0.15, 0.2) is 6.61 Å². The lowest BCUT2D eigenvalue weighted by Gasteiger charge is -2.09. The number of carbonyl (C=O) groups is 1. The van der Waals surface area contributed by atoms with Crippen molar-refractivity contribution in [1.82, 2.24) is 10.3 Å². The Labute approximate surface area is 123 Å². The number of pyridine rings is 1. The third-order valence-electron chi connectivity index (χ3n) is 3.07. The van der Waals surface area contributed by atoms with Crippen LogP contribution in [0.2, 0.25) is 0 Å². The van der Waals surface area contributed by atoms with Gasteiger partial charge in [-0.15, -0.1) is 0 Å². The van der Waals surface area contributed by atoms with Crippen molar-refractivity contribution >= 4 is 5.91 Å². The van der Waals surface area contributed by atoms with Gasteiger partial charge in [0.05, 0.1) is 0 Å². The summed E-state index contributed by atoms with van der Waals surface area (Å²) in [5, 5.41) is 2.69. The molecule has 0 spiro atoms. The molecule has 0 fully saturated rings. The molecule has 0 aliphatic carbocycles. The zero-order valence-corrected chi connectivity index (χ0v) is 12.1. The summed E-state index contributed by atoms with van der Waals surface area (Å²) in [6.07, 6.45) is 0. The third-order valence-corrected chi connectivity index (χ3v) is 3.07. The topological polar surface area (TPSA) is 71.2 Å². The Bertz CT molecular complexity index is 678. The maximum atomic E-state index is 11.8. The Morgan fingerprint density at radius 3 is 2.62 bits per heavy atom. The number of benzene rings is 1. The van der Waals surface area contributed by atoms with Crippen LogP contribution in [0.25, 0.3) is 0 Å². The number of H-pyrrole nitrogens is 1. The number of aryl methyl sites for hydroxylation is 2. The molecule has 0 bridgehead atoms.